The van der Waals surface area contributed by atoms with Crippen molar-refractivity contribution in [3.8, 4) is 0 Å². The summed E-state index contributed by atoms with van der Waals surface area (Å²) in [7, 11) is 1.98. The molecule has 1 aromatic heterocycles. The van der Waals surface area contributed by atoms with Gasteiger partial charge in [0.25, 0.3) is 0 Å². The molecule has 1 aromatic rings. The van der Waals surface area contributed by atoms with Crippen molar-refractivity contribution < 1.29 is 4.79 Å². The highest BCUT2D eigenvalue weighted by atomic mass is 16.2. The van der Waals surface area contributed by atoms with Gasteiger partial charge >= 0.3 is 0 Å². The highest BCUT2D eigenvalue weighted by molar-refractivity contribution is 5.82. The van der Waals surface area contributed by atoms with Gasteiger partial charge in [-0.3, -0.25) is 4.79 Å². The monoisotopic (exact) mass is 248 g/mol. The SMILES string of the molecule is Cn1ccnc1CN(C(=O)[C@H]1CCCN1)C1CC1. The molecule has 2 heterocycles. The predicted octanol–water partition coefficient (Wildman–Crippen LogP) is 0.663. The highest BCUT2D eigenvalue weighted by Crippen LogP contribution is 2.29. The van der Waals surface area contributed by atoms with Gasteiger partial charge < -0.3 is 14.8 Å². The van der Waals surface area contributed by atoms with Crippen LogP contribution < -0.4 is 5.32 Å². The number of aromatic nitrogens is 2. The van der Waals surface area contributed by atoms with Gasteiger partial charge in [-0.1, -0.05) is 0 Å². The fraction of sp³-hybridized carbons (Fsp3) is 0.692. The van der Waals surface area contributed by atoms with Crippen molar-refractivity contribution in [1.82, 2.24) is 19.8 Å². The highest BCUT2D eigenvalue weighted by Gasteiger charge is 2.37. The van der Waals surface area contributed by atoms with Crippen LogP contribution in [-0.4, -0.2) is 39.0 Å². The van der Waals surface area contributed by atoms with E-state index in [1.807, 2.05) is 22.7 Å². The van der Waals surface area contributed by atoms with Gasteiger partial charge in [-0.25, -0.2) is 4.98 Å². The fourth-order valence-electron chi connectivity index (χ4n) is 2.57. The van der Waals surface area contributed by atoms with Crippen molar-refractivity contribution in [2.24, 2.45) is 7.05 Å². The van der Waals surface area contributed by atoms with E-state index in [-0.39, 0.29) is 11.9 Å². The number of hydrogen-bond acceptors (Lipinski definition) is 3. The van der Waals surface area contributed by atoms with Crippen LogP contribution in [0.2, 0.25) is 0 Å². The van der Waals surface area contributed by atoms with Gasteiger partial charge in [0, 0.05) is 25.5 Å². The lowest BCUT2D eigenvalue weighted by atomic mass is 10.2. The van der Waals surface area contributed by atoms with Crippen LogP contribution in [0.25, 0.3) is 0 Å². The Kier molecular flexibility index (Phi) is 3.07. The second kappa shape index (κ2) is 4.72. The Morgan fingerprint density at radius 1 is 1.56 bits per heavy atom. The molecular weight excluding hydrogens is 228 g/mol. The first-order chi connectivity index (χ1) is 8.75. The summed E-state index contributed by atoms with van der Waals surface area (Å²) >= 11 is 0. The van der Waals surface area contributed by atoms with E-state index < -0.39 is 0 Å². The molecule has 1 amide bonds. The third kappa shape index (κ3) is 2.27. The van der Waals surface area contributed by atoms with Gasteiger partial charge in [0.15, 0.2) is 0 Å². The Labute approximate surface area is 107 Å². The molecule has 3 rings (SSSR count). The average molecular weight is 248 g/mol. The number of hydrogen-bond donors (Lipinski definition) is 1. The van der Waals surface area contributed by atoms with Gasteiger partial charge in [0.05, 0.1) is 12.6 Å². The second-order valence-corrected chi connectivity index (χ2v) is 5.30. The van der Waals surface area contributed by atoms with E-state index in [2.05, 4.69) is 10.3 Å². The van der Waals surface area contributed by atoms with E-state index in [4.69, 9.17) is 0 Å². The van der Waals surface area contributed by atoms with Crippen LogP contribution in [0.5, 0.6) is 0 Å². The molecule has 0 bridgehead atoms. The number of rotatable bonds is 4. The Bertz CT molecular complexity index is 432. The third-order valence-corrected chi connectivity index (χ3v) is 3.86. The summed E-state index contributed by atoms with van der Waals surface area (Å²) in [5, 5.41) is 3.30. The molecule has 0 unspecified atom stereocenters. The summed E-state index contributed by atoms with van der Waals surface area (Å²) in [6.45, 7) is 1.61. The van der Waals surface area contributed by atoms with E-state index in [0.717, 1.165) is 38.1 Å². The predicted molar refractivity (Wildman–Crippen MR) is 67.8 cm³/mol. The molecule has 0 aromatic carbocycles. The van der Waals surface area contributed by atoms with E-state index >= 15 is 0 Å². The molecule has 5 heteroatoms. The maximum atomic E-state index is 12.5. The zero-order chi connectivity index (χ0) is 12.5. The molecule has 1 N–H and O–H groups in total. The first-order valence-electron chi connectivity index (χ1n) is 6.76. The minimum absolute atomic E-state index is 0.0332. The normalized spacial score (nSPS) is 23.3. The minimum atomic E-state index is 0.0332. The molecule has 2 aliphatic rings. The van der Waals surface area contributed by atoms with Crippen molar-refractivity contribution in [1.29, 1.82) is 0 Å². The van der Waals surface area contributed by atoms with E-state index in [9.17, 15) is 4.79 Å². The van der Waals surface area contributed by atoms with Crippen molar-refractivity contribution in [3.05, 3.63) is 18.2 Å². The molecule has 18 heavy (non-hydrogen) atoms. The van der Waals surface area contributed by atoms with E-state index in [1.54, 1.807) is 6.20 Å². The first-order valence-corrected chi connectivity index (χ1v) is 6.76. The summed E-state index contributed by atoms with van der Waals surface area (Å²) in [6, 6.07) is 0.475. The van der Waals surface area contributed by atoms with Gasteiger partial charge in [0.2, 0.25) is 5.91 Å². The van der Waals surface area contributed by atoms with Crippen LogP contribution in [0.4, 0.5) is 0 Å². The minimum Gasteiger partial charge on any atom is -0.337 e. The van der Waals surface area contributed by atoms with Gasteiger partial charge in [-0.2, -0.15) is 0 Å². The second-order valence-electron chi connectivity index (χ2n) is 5.30. The molecular formula is C13H20N4O. The van der Waals surface area contributed by atoms with Crippen molar-refractivity contribution in [3.63, 3.8) is 0 Å². The summed E-state index contributed by atoms with van der Waals surface area (Å²) in [5.41, 5.74) is 0. The number of aryl methyl sites for hydroxylation is 1. The van der Waals surface area contributed by atoms with Crippen LogP contribution in [0, 0.1) is 0 Å². The van der Waals surface area contributed by atoms with Crippen LogP contribution in [0.3, 0.4) is 0 Å². The molecule has 2 fully saturated rings. The summed E-state index contributed by atoms with van der Waals surface area (Å²) in [4.78, 5) is 18.8. The molecule has 0 radical (unpaired) electrons. The quantitative estimate of drug-likeness (QED) is 0.851. The number of imidazole rings is 1. The van der Waals surface area contributed by atoms with Gasteiger partial charge in [-0.05, 0) is 32.2 Å². The zero-order valence-corrected chi connectivity index (χ0v) is 10.8. The van der Waals surface area contributed by atoms with Crippen LogP contribution in [0.15, 0.2) is 12.4 Å². The Morgan fingerprint density at radius 3 is 2.94 bits per heavy atom. The summed E-state index contributed by atoms with van der Waals surface area (Å²) in [6.07, 6.45) is 8.09. The lowest BCUT2D eigenvalue weighted by molar-refractivity contribution is -0.134. The molecule has 1 atom stereocenters. The first kappa shape index (κ1) is 11.7. The number of nitrogens with zero attached hydrogens (tertiary/aromatic N) is 3. The standard InChI is InChI=1S/C13H20N4O/c1-16-8-7-15-12(16)9-17(10-4-5-10)13(18)11-3-2-6-14-11/h7-8,10-11,14H,2-6,9H2,1H3/t11-/m1/s1. The third-order valence-electron chi connectivity index (χ3n) is 3.86. The van der Waals surface area contributed by atoms with Crippen molar-refractivity contribution in [2.75, 3.05) is 6.54 Å². The van der Waals surface area contributed by atoms with E-state index in [1.165, 1.54) is 0 Å². The Balaban J connectivity index is 1.72. The molecule has 98 valence electrons. The lowest BCUT2D eigenvalue weighted by Gasteiger charge is -2.25. The van der Waals surface area contributed by atoms with Crippen LogP contribution in [-0.2, 0) is 18.4 Å². The zero-order valence-electron chi connectivity index (χ0n) is 10.8. The average Bonchev–Trinajstić information content (AvgIpc) is 2.90. The van der Waals surface area contributed by atoms with Gasteiger partial charge in [-0.15, -0.1) is 0 Å². The largest absolute Gasteiger partial charge is 0.337 e. The lowest BCUT2D eigenvalue weighted by Crippen LogP contribution is -2.44. The number of carbonyl (C=O) groups is 1. The maximum absolute atomic E-state index is 12.5. The van der Waals surface area contributed by atoms with Crippen molar-refractivity contribution in [2.45, 2.75) is 44.3 Å². The molecule has 1 aliphatic carbocycles. The van der Waals surface area contributed by atoms with Crippen molar-refractivity contribution >= 4 is 5.91 Å². The summed E-state index contributed by atoms with van der Waals surface area (Å²) in [5.74, 6) is 1.23. The summed E-state index contributed by atoms with van der Waals surface area (Å²) < 4.78 is 1.99. The molecule has 5 nitrogen and oxygen atoms in total. The van der Waals surface area contributed by atoms with Crippen LogP contribution >= 0.6 is 0 Å². The number of nitrogens with one attached hydrogen (secondary N) is 1. The maximum Gasteiger partial charge on any atom is 0.240 e. The number of carbonyl (C=O) groups excluding carboxylic acids is 1. The molecule has 1 aliphatic heterocycles. The fourth-order valence-corrected chi connectivity index (χ4v) is 2.57. The van der Waals surface area contributed by atoms with E-state index in [0.29, 0.717) is 12.6 Å². The smallest absolute Gasteiger partial charge is 0.240 e. The molecule has 1 saturated carbocycles. The van der Waals surface area contributed by atoms with Gasteiger partial charge in [0.1, 0.15) is 5.82 Å². The molecule has 1 saturated heterocycles. The number of amides is 1. The topological polar surface area (TPSA) is 50.2 Å². The van der Waals surface area contributed by atoms with Crippen LogP contribution in [0.1, 0.15) is 31.5 Å². The Morgan fingerprint density at radius 2 is 2.39 bits per heavy atom. The molecule has 0 spiro atoms. The Hall–Kier alpha value is -1.36.